The van der Waals surface area contributed by atoms with Gasteiger partial charge in [0.2, 0.25) is 6.71 Å². The monoisotopic (exact) mass is 564 g/mol. The normalized spacial score (nSPS) is 14.5. The zero-order valence-corrected chi connectivity index (χ0v) is 25.6. The lowest BCUT2D eigenvalue weighted by Crippen LogP contribution is -2.58. The molecule has 2 nitrogen and oxygen atoms in total. The highest BCUT2D eigenvalue weighted by Crippen LogP contribution is 2.52. The summed E-state index contributed by atoms with van der Waals surface area (Å²) >= 11 is 0. The topological polar surface area (TPSA) is 8.17 Å². The van der Waals surface area contributed by atoms with Gasteiger partial charge >= 0.3 is 0 Å². The lowest BCUT2D eigenvalue weighted by atomic mass is 9.34. The quantitative estimate of drug-likeness (QED) is 0.192. The van der Waals surface area contributed by atoms with E-state index < -0.39 is 0 Å². The molecule has 3 heterocycles. The first-order chi connectivity index (χ1) is 21.4. The molecule has 44 heavy (non-hydrogen) atoms. The molecule has 9 rings (SSSR count). The minimum absolute atomic E-state index is 0.114. The van der Waals surface area contributed by atoms with E-state index in [9.17, 15) is 0 Å². The van der Waals surface area contributed by atoms with Crippen molar-refractivity contribution in [3.05, 3.63) is 150 Å². The van der Waals surface area contributed by atoms with Gasteiger partial charge in [0.15, 0.2) is 0 Å². The van der Waals surface area contributed by atoms with Crippen molar-refractivity contribution < 1.29 is 0 Å². The number of anilines is 3. The molecule has 0 saturated heterocycles. The maximum atomic E-state index is 2.56. The van der Waals surface area contributed by atoms with Crippen molar-refractivity contribution in [3.8, 4) is 5.69 Å². The molecule has 7 aromatic rings. The number of hydrogen-bond acceptors (Lipinski definition) is 1. The van der Waals surface area contributed by atoms with Crippen LogP contribution in [0.5, 0.6) is 0 Å². The summed E-state index contributed by atoms with van der Waals surface area (Å²) < 4.78 is 2.46. The molecule has 0 aliphatic carbocycles. The Morgan fingerprint density at radius 3 is 1.93 bits per heavy atom. The second-order valence-electron chi connectivity index (χ2n) is 13.2. The molecular formula is C41H33BN2. The molecule has 0 spiro atoms. The largest absolute Gasteiger partial charge is 0.311 e. The van der Waals surface area contributed by atoms with Crippen LogP contribution in [0.2, 0.25) is 0 Å². The van der Waals surface area contributed by atoms with Crippen LogP contribution < -0.4 is 21.3 Å². The Kier molecular flexibility index (Phi) is 5.21. The van der Waals surface area contributed by atoms with Crippen LogP contribution in [0.15, 0.2) is 127 Å². The number of rotatable bonds is 2. The molecule has 0 radical (unpaired) electrons. The van der Waals surface area contributed by atoms with Gasteiger partial charge in [0.1, 0.15) is 0 Å². The van der Waals surface area contributed by atoms with Gasteiger partial charge in [-0.15, -0.1) is 0 Å². The third-order valence-electron chi connectivity index (χ3n) is 10.1. The Morgan fingerprint density at radius 1 is 0.545 bits per heavy atom. The summed E-state index contributed by atoms with van der Waals surface area (Å²) in [6, 6.07) is 47.9. The molecule has 2 aliphatic heterocycles. The number of para-hydroxylation sites is 2. The van der Waals surface area contributed by atoms with Crippen LogP contribution in [0.4, 0.5) is 17.1 Å². The van der Waals surface area contributed by atoms with Crippen molar-refractivity contribution in [2.75, 3.05) is 4.90 Å². The Bertz CT molecular complexity index is 2230. The number of fused-ring (bicyclic) bond motifs is 7. The fourth-order valence-corrected chi connectivity index (χ4v) is 8.07. The van der Waals surface area contributed by atoms with E-state index in [1.54, 1.807) is 0 Å². The molecule has 210 valence electrons. The molecule has 0 atom stereocenters. The summed E-state index contributed by atoms with van der Waals surface area (Å²) in [5.41, 5.74) is 16.8. The Labute approximate surface area is 259 Å². The van der Waals surface area contributed by atoms with Gasteiger partial charge < -0.3 is 9.47 Å². The third-order valence-corrected chi connectivity index (χ3v) is 10.1. The van der Waals surface area contributed by atoms with Gasteiger partial charge in [0.25, 0.3) is 0 Å². The standard InChI is InChI=1S/C41H33BN2/c1-26-17-21-36-30(23-26)31-24-27(2)18-22-37(31)43(36)29-19-20-34-39(25-29)44-38-16-9-8-13-32(38)41(3,4)33-14-10-15-35(40(33)44)42(34)28-11-6-5-7-12-28/h5-25H,1-4H3. The fourth-order valence-electron chi connectivity index (χ4n) is 8.07. The first-order valence-electron chi connectivity index (χ1n) is 15.7. The van der Waals surface area contributed by atoms with E-state index in [0.29, 0.717) is 0 Å². The molecule has 0 bridgehead atoms. The molecule has 2 aliphatic rings. The summed E-state index contributed by atoms with van der Waals surface area (Å²) in [6.07, 6.45) is 0. The molecule has 0 fully saturated rings. The Balaban J connectivity index is 1.38. The van der Waals surface area contributed by atoms with Crippen molar-refractivity contribution in [1.29, 1.82) is 0 Å². The van der Waals surface area contributed by atoms with Crippen LogP contribution in [0.25, 0.3) is 27.5 Å². The minimum atomic E-state index is -0.114. The average Bonchev–Trinajstić information content (AvgIpc) is 3.35. The summed E-state index contributed by atoms with van der Waals surface area (Å²) in [4.78, 5) is 2.56. The summed E-state index contributed by atoms with van der Waals surface area (Å²) in [5.74, 6) is 0. The van der Waals surface area contributed by atoms with Crippen molar-refractivity contribution in [2.45, 2.75) is 33.1 Å². The van der Waals surface area contributed by atoms with Crippen molar-refractivity contribution >= 4 is 62.0 Å². The van der Waals surface area contributed by atoms with Gasteiger partial charge in [-0.1, -0.05) is 115 Å². The molecule has 6 aromatic carbocycles. The van der Waals surface area contributed by atoms with Gasteiger partial charge in [0, 0.05) is 33.2 Å². The maximum absolute atomic E-state index is 2.56. The Hall–Kier alpha value is -5.02. The highest BCUT2D eigenvalue weighted by molar-refractivity contribution is 6.98. The lowest BCUT2D eigenvalue weighted by Gasteiger charge is -2.47. The first kappa shape index (κ1) is 25.5. The maximum Gasteiger partial charge on any atom is 0.246 e. The van der Waals surface area contributed by atoms with E-state index in [2.05, 4.69) is 165 Å². The van der Waals surface area contributed by atoms with E-state index in [0.717, 1.165) is 0 Å². The van der Waals surface area contributed by atoms with E-state index in [-0.39, 0.29) is 12.1 Å². The van der Waals surface area contributed by atoms with Gasteiger partial charge in [-0.3, -0.25) is 0 Å². The SMILES string of the molecule is Cc1ccc2c(c1)c1cc(C)ccc1n2-c1ccc2c(c1)N1c3ccccc3C(C)(C)c3cccc(c31)B2c1ccccc1. The molecule has 3 heteroatoms. The Morgan fingerprint density at radius 2 is 1.20 bits per heavy atom. The zero-order valence-electron chi connectivity index (χ0n) is 25.6. The van der Waals surface area contributed by atoms with E-state index in [1.165, 1.54) is 83.2 Å². The van der Waals surface area contributed by atoms with Crippen LogP contribution in [-0.2, 0) is 5.41 Å². The number of hydrogen-bond donors (Lipinski definition) is 0. The van der Waals surface area contributed by atoms with Gasteiger partial charge in [-0.2, -0.15) is 0 Å². The van der Waals surface area contributed by atoms with E-state index >= 15 is 0 Å². The number of nitrogens with zero attached hydrogens (tertiary/aromatic N) is 2. The summed E-state index contributed by atoms with van der Waals surface area (Å²) in [7, 11) is 0. The van der Waals surface area contributed by atoms with E-state index in [1.807, 2.05) is 0 Å². The average molecular weight is 565 g/mol. The predicted molar refractivity (Wildman–Crippen MR) is 188 cm³/mol. The van der Waals surface area contributed by atoms with Crippen LogP contribution in [-0.4, -0.2) is 11.3 Å². The van der Waals surface area contributed by atoms with Gasteiger partial charge in [0.05, 0.1) is 16.7 Å². The van der Waals surface area contributed by atoms with Gasteiger partial charge in [-0.05, 0) is 78.4 Å². The molecule has 0 amide bonds. The van der Waals surface area contributed by atoms with Crippen LogP contribution in [0, 0.1) is 13.8 Å². The zero-order chi connectivity index (χ0) is 29.7. The van der Waals surface area contributed by atoms with E-state index in [4.69, 9.17) is 0 Å². The highest BCUT2D eigenvalue weighted by atomic mass is 15.2. The number of aryl methyl sites for hydroxylation is 2. The molecule has 0 saturated carbocycles. The molecule has 0 N–H and O–H groups in total. The van der Waals surface area contributed by atoms with Crippen LogP contribution in [0.3, 0.4) is 0 Å². The number of aromatic nitrogens is 1. The fraction of sp³-hybridized carbons (Fsp3) is 0.122. The number of benzene rings is 6. The van der Waals surface area contributed by atoms with Gasteiger partial charge in [-0.25, -0.2) is 0 Å². The predicted octanol–water partition coefficient (Wildman–Crippen LogP) is 8.34. The van der Waals surface area contributed by atoms with Crippen molar-refractivity contribution in [2.24, 2.45) is 0 Å². The van der Waals surface area contributed by atoms with Crippen molar-refractivity contribution in [1.82, 2.24) is 4.57 Å². The first-order valence-corrected chi connectivity index (χ1v) is 15.7. The third kappa shape index (κ3) is 3.38. The minimum Gasteiger partial charge on any atom is -0.311 e. The smallest absolute Gasteiger partial charge is 0.246 e. The highest BCUT2D eigenvalue weighted by Gasteiger charge is 2.44. The second-order valence-corrected chi connectivity index (χ2v) is 13.2. The van der Waals surface area contributed by atoms with Crippen molar-refractivity contribution in [3.63, 3.8) is 0 Å². The molecular weight excluding hydrogens is 531 g/mol. The molecule has 0 unspecified atom stereocenters. The van der Waals surface area contributed by atoms with Crippen LogP contribution in [0.1, 0.15) is 36.1 Å². The lowest BCUT2D eigenvalue weighted by molar-refractivity contribution is 0.632. The second kappa shape index (κ2) is 9.00. The van der Waals surface area contributed by atoms with Crippen LogP contribution >= 0.6 is 0 Å². The summed E-state index contributed by atoms with van der Waals surface area (Å²) in [6.45, 7) is 9.28. The summed E-state index contributed by atoms with van der Waals surface area (Å²) in [5, 5.41) is 2.61. The molecule has 1 aromatic heterocycles.